The number of Topliss-reactive ketones (excluding diaryl/α,β-unsaturated/α-hetero) is 1. The number of carbonyl (C=O) groups is 1. The van der Waals surface area contributed by atoms with E-state index in [1.807, 2.05) is 6.07 Å². The fraction of sp³-hybridized carbons (Fsp3) is 0. The number of nitro benzene ring substituents is 1. The lowest BCUT2D eigenvalue weighted by molar-refractivity contribution is -0.384. The van der Waals surface area contributed by atoms with Gasteiger partial charge in [-0.3, -0.25) is 19.9 Å². The molecule has 0 atom stereocenters. The van der Waals surface area contributed by atoms with Crippen molar-refractivity contribution in [2.75, 3.05) is 0 Å². The molecule has 2 aromatic rings. The molecule has 1 aromatic heterocycles. The first-order valence-corrected chi connectivity index (χ1v) is 5.93. The first-order chi connectivity index (χ1) is 10.1. The van der Waals surface area contributed by atoms with Gasteiger partial charge in [-0.2, -0.15) is 5.26 Å². The van der Waals surface area contributed by atoms with Crippen LogP contribution in [-0.2, 0) is 0 Å². The molecule has 21 heavy (non-hydrogen) atoms. The quantitative estimate of drug-likeness (QED) is 0.282. The standard InChI is InChI=1S/C15H9N3O3/c16-9-13(7-11-3-2-6-17-10-11)15(19)12-4-1-5-14(8-12)18(20)21/h1-8,10H/b13-7+. The number of carbonyl (C=O) groups excluding carboxylic acids is 1. The smallest absolute Gasteiger partial charge is 0.270 e. The van der Waals surface area contributed by atoms with Gasteiger partial charge in [-0.1, -0.05) is 18.2 Å². The number of hydrogen-bond acceptors (Lipinski definition) is 5. The molecule has 1 heterocycles. The lowest BCUT2D eigenvalue weighted by Gasteiger charge is -2.00. The van der Waals surface area contributed by atoms with Gasteiger partial charge in [0, 0.05) is 30.1 Å². The van der Waals surface area contributed by atoms with Crippen molar-refractivity contribution < 1.29 is 9.72 Å². The maximum Gasteiger partial charge on any atom is 0.270 e. The molecule has 0 radical (unpaired) electrons. The number of ketones is 1. The van der Waals surface area contributed by atoms with Crippen LogP contribution in [0.15, 0.2) is 54.4 Å². The number of nitriles is 1. The van der Waals surface area contributed by atoms with Crippen molar-refractivity contribution in [2.45, 2.75) is 0 Å². The molecule has 0 spiro atoms. The zero-order chi connectivity index (χ0) is 15.2. The summed E-state index contributed by atoms with van der Waals surface area (Å²) < 4.78 is 0. The van der Waals surface area contributed by atoms with Crippen molar-refractivity contribution >= 4 is 17.5 Å². The average Bonchev–Trinajstić information content (AvgIpc) is 2.53. The Labute approximate surface area is 120 Å². The molecule has 1 aromatic carbocycles. The Kier molecular flexibility index (Phi) is 4.17. The van der Waals surface area contributed by atoms with E-state index >= 15 is 0 Å². The Morgan fingerprint density at radius 1 is 1.33 bits per heavy atom. The van der Waals surface area contributed by atoms with E-state index in [9.17, 15) is 14.9 Å². The third-order valence-electron chi connectivity index (χ3n) is 2.68. The van der Waals surface area contributed by atoms with Crippen LogP contribution in [0.3, 0.4) is 0 Å². The van der Waals surface area contributed by atoms with Gasteiger partial charge in [0.15, 0.2) is 0 Å². The van der Waals surface area contributed by atoms with Crippen LogP contribution < -0.4 is 0 Å². The molecule has 0 N–H and O–H groups in total. The van der Waals surface area contributed by atoms with E-state index in [1.165, 1.54) is 30.5 Å². The fourth-order valence-corrected chi connectivity index (χ4v) is 1.69. The molecule has 6 heteroatoms. The van der Waals surface area contributed by atoms with Crippen molar-refractivity contribution in [3.8, 4) is 6.07 Å². The molecule has 2 rings (SSSR count). The van der Waals surface area contributed by atoms with E-state index in [1.54, 1.807) is 18.3 Å². The van der Waals surface area contributed by atoms with E-state index in [0.29, 0.717) is 5.56 Å². The highest BCUT2D eigenvalue weighted by atomic mass is 16.6. The van der Waals surface area contributed by atoms with Crippen LogP contribution >= 0.6 is 0 Å². The van der Waals surface area contributed by atoms with E-state index < -0.39 is 10.7 Å². The molecule has 0 amide bonds. The minimum absolute atomic E-state index is 0.0980. The molecule has 0 aliphatic rings. The van der Waals surface area contributed by atoms with Crippen LogP contribution in [0, 0.1) is 21.4 Å². The highest BCUT2D eigenvalue weighted by molar-refractivity contribution is 6.14. The van der Waals surface area contributed by atoms with E-state index in [4.69, 9.17) is 5.26 Å². The van der Waals surface area contributed by atoms with Crippen LogP contribution in [0.2, 0.25) is 0 Å². The summed E-state index contributed by atoms with van der Waals surface area (Å²) in [6.45, 7) is 0. The van der Waals surface area contributed by atoms with E-state index in [-0.39, 0.29) is 16.8 Å². The summed E-state index contributed by atoms with van der Waals surface area (Å²) in [6, 6.07) is 10.5. The summed E-state index contributed by atoms with van der Waals surface area (Å²) in [5, 5.41) is 19.8. The second kappa shape index (κ2) is 6.21. The zero-order valence-electron chi connectivity index (χ0n) is 10.8. The Morgan fingerprint density at radius 2 is 2.14 bits per heavy atom. The Bertz CT molecular complexity index is 761. The maximum absolute atomic E-state index is 12.2. The largest absolute Gasteiger partial charge is 0.288 e. The summed E-state index contributed by atoms with van der Waals surface area (Å²) in [5.74, 6) is -0.565. The first-order valence-electron chi connectivity index (χ1n) is 5.93. The van der Waals surface area contributed by atoms with E-state index in [0.717, 1.165) is 6.07 Å². The van der Waals surface area contributed by atoms with Crippen LogP contribution in [-0.4, -0.2) is 15.7 Å². The molecule has 0 bridgehead atoms. The van der Waals surface area contributed by atoms with Crippen molar-refractivity contribution in [3.05, 3.63) is 75.6 Å². The summed E-state index contributed by atoms with van der Waals surface area (Å²) in [5.41, 5.74) is 0.400. The van der Waals surface area contributed by atoms with Crippen LogP contribution in [0.4, 0.5) is 5.69 Å². The predicted octanol–water partition coefficient (Wildman–Crippen LogP) is 2.78. The molecule has 0 aliphatic heterocycles. The van der Waals surface area contributed by atoms with Gasteiger partial charge in [-0.05, 0) is 17.7 Å². The van der Waals surface area contributed by atoms with Gasteiger partial charge in [0.2, 0.25) is 5.78 Å². The van der Waals surface area contributed by atoms with Gasteiger partial charge in [-0.15, -0.1) is 0 Å². The van der Waals surface area contributed by atoms with Gasteiger partial charge in [0.05, 0.1) is 4.92 Å². The van der Waals surface area contributed by atoms with Crippen molar-refractivity contribution in [2.24, 2.45) is 0 Å². The second-order valence-corrected chi connectivity index (χ2v) is 4.09. The first kappa shape index (κ1) is 14.1. The number of benzene rings is 1. The summed E-state index contributed by atoms with van der Waals surface area (Å²) >= 11 is 0. The molecular formula is C15H9N3O3. The van der Waals surface area contributed by atoms with Gasteiger partial charge in [0.1, 0.15) is 11.6 Å². The predicted molar refractivity (Wildman–Crippen MR) is 75.3 cm³/mol. The van der Waals surface area contributed by atoms with Crippen LogP contribution in [0.5, 0.6) is 0 Å². The number of non-ortho nitro benzene ring substituents is 1. The van der Waals surface area contributed by atoms with Gasteiger partial charge >= 0.3 is 0 Å². The minimum Gasteiger partial charge on any atom is -0.288 e. The van der Waals surface area contributed by atoms with Crippen molar-refractivity contribution in [1.29, 1.82) is 5.26 Å². The fourth-order valence-electron chi connectivity index (χ4n) is 1.69. The number of rotatable bonds is 4. The third-order valence-corrected chi connectivity index (χ3v) is 2.68. The second-order valence-electron chi connectivity index (χ2n) is 4.09. The molecule has 6 nitrogen and oxygen atoms in total. The van der Waals surface area contributed by atoms with Crippen molar-refractivity contribution in [1.82, 2.24) is 4.98 Å². The molecule has 0 saturated heterocycles. The molecule has 0 aliphatic carbocycles. The van der Waals surface area contributed by atoms with Crippen LogP contribution in [0.25, 0.3) is 6.08 Å². The molecule has 0 saturated carbocycles. The average molecular weight is 279 g/mol. The van der Waals surface area contributed by atoms with Crippen LogP contribution in [0.1, 0.15) is 15.9 Å². The zero-order valence-corrected chi connectivity index (χ0v) is 10.8. The topological polar surface area (TPSA) is 96.9 Å². The number of nitro groups is 1. The Hall–Kier alpha value is -3.33. The summed E-state index contributed by atoms with van der Waals surface area (Å²) in [6.07, 6.45) is 4.48. The molecule has 0 fully saturated rings. The minimum atomic E-state index is -0.590. The van der Waals surface area contributed by atoms with Crippen molar-refractivity contribution in [3.63, 3.8) is 0 Å². The molecule has 102 valence electrons. The highest BCUT2D eigenvalue weighted by Gasteiger charge is 2.15. The summed E-state index contributed by atoms with van der Waals surface area (Å²) in [7, 11) is 0. The normalized spacial score (nSPS) is 10.7. The highest BCUT2D eigenvalue weighted by Crippen LogP contribution is 2.17. The number of aromatic nitrogens is 1. The Morgan fingerprint density at radius 3 is 2.76 bits per heavy atom. The number of pyridine rings is 1. The van der Waals surface area contributed by atoms with Gasteiger partial charge in [0.25, 0.3) is 5.69 Å². The molecule has 0 unspecified atom stereocenters. The van der Waals surface area contributed by atoms with Gasteiger partial charge in [-0.25, -0.2) is 0 Å². The summed E-state index contributed by atoms with van der Waals surface area (Å²) in [4.78, 5) is 26.2. The lowest BCUT2D eigenvalue weighted by Crippen LogP contribution is -2.02. The van der Waals surface area contributed by atoms with E-state index in [2.05, 4.69) is 4.98 Å². The number of hydrogen-bond donors (Lipinski definition) is 0. The number of nitrogens with zero attached hydrogens (tertiary/aromatic N) is 3. The third kappa shape index (κ3) is 3.36. The van der Waals surface area contributed by atoms with Gasteiger partial charge < -0.3 is 0 Å². The monoisotopic (exact) mass is 279 g/mol. The maximum atomic E-state index is 12.2. The lowest BCUT2D eigenvalue weighted by atomic mass is 10.0. The molecular weight excluding hydrogens is 270 g/mol. The SMILES string of the molecule is N#C/C(=C\c1cccnc1)C(=O)c1cccc([N+](=O)[O-])c1. The Balaban J connectivity index is 2.38. The number of allylic oxidation sites excluding steroid dienone is 1.